The molecule has 2 N–H and O–H groups in total. The lowest BCUT2D eigenvalue weighted by atomic mass is 10.1. The van der Waals surface area contributed by atoms with E-state index in [0.29, 0.717) is 24.5 Å². The molecule has 2 aromatic rings. The molecule has 0 fully saturated rings. The van der Waals surface area contributed by atoms with Gasteiger partial charge in [0.1, 0.15) is 6.04 Å². The van der Waals surface area contributed by atoms with E-state index in [0.717, 1.165) is 22.5 Å². The average Bonchev–Trinajstić information content (AvgIpc) is 2.73. The summed E-state index contributed by atoms with van der Waals surface area (Å²) in [6.07, 6.45) is 1.88. The van der Waals surface area contributed by atoms with Gasteiger partial charge in [0.15, 0.2) is 0 Å². The Bertz CT molecular complexity index is 1010. The second-order valence-electron chi connectivity index (χ2n) is 7.04. The second-order valence-corrected chi connectivity index (χ2v) is 8.90. The van der Waals surface area contributed by atoms with E-state index in [4.69, 9.17) is 4.74 Å². The third-order valence-corrected chi connectivity index (χ3v) is 5.95. The number of hydrogen-bond acceptors (Lipinski definition) is 5. The number of anilines is 2. The van der Waals surface area contributed by atoms with Gasteiger partial charge in [0.25, 0.3) is 5.91 Å². The normalized spacial score (nSPS) is 12.1. The highest BCUT2D eigenvalue weighted by molar-refractivity contribution is 7.92. The van der Waals surface area contributed by atoms with Crippen LogP contribution in [0.25, 0.3) is 0 Å². The smallest absolute Gasteiger partial charge is 0.253 e. The molecular weight excluding hydrogens is 418 g/mol. The minimum atomic E-state index is -3.74. The number of nitrogens with zero attached hydrogens (tertiary/aromatic N) is 1. The number of aryl methyl sites for hydroxylation is 1. The molecule has 0 radical (unpaired) electrons. The summed E-state index contributed by atoms with van der Waals surface area (Å²) in [5, 5.41) is 5.39. The molecule has 0 saturated heterocycles. The van der Waals surface area contributed by atoms with Crippen molar-refractivity contribution in [3.05, 3.63) is 59.7 Å². The molecule has 168 valence electrons. The molecule has 1 atom stereocenters. The minimum absolute atomic E-state index is 0.275. The zero-order valence-electron chi connectivity index (χ0n) is 18.2. The lowest BCUT2D eigenvalue weighted by Gasteiger charge is -2.28. The monoisotopic (exact) mass is 447 g/mol. The first-order valence-electron chi connectivity index (χ1n) is 9.94. The van der Waals surface area contributed by atoms with Crippen LogP contribution in [0.1, 0.15) is 29.8 Å². The van der Waals surface area contributed by atoms with Gasteiger partial charge in [0, 0.05) is 13.7 Å². The second kappa shape index (κ2) is 10.9. The number of amides is 2. The Morgan fingerprint density at radius 2 is 1.74 bits per heavy atom. The largest absolute Gasteiger partial charge is 0.383 e. The van der Waals surface area contributed by atoms with E-state index >= 15 is 0 Å². The summed E-state index contributed by atoms with van der Waals surface area (Å²) >= 11 is 0. The molecule has 2 amide bonds. The van der Waals surface area contributed by atoms with E-state index in [1.165, 1.54) is 14.0 Å². The fraction of sp³-hybridized carbons (Fsp3) is 0.364. The van der Waals surface area contributed by atoms with E-state index < -0.39 is 22.0 Å². The Balaban J connectivity index is 2.26. The number of carbonyl (C=O) groups excluding carboxylic acids is 2. The Labute approximate surface area is 183 Å². The van der Waals surface area contributed by atoms with Crippen LogP contribution in [0.2, 0.25) is 0 Å². The van der Waals surface area contributed by atoms with Crippen LogP contribution in [-0.2, 0) is 26.0 Å². The zero-order valence-corrected chi connectivity index (χ0v) is 19.0. The van der Waals surface area contributed by atoms with Gasteiger partial charge in [0.2, 0.25) is 15.9 Å². The van der Waals surface area contributed by atoms with Crippen LogP contribution in [0, 0.1) is 0 Å². The van der Waals surface area contributed by atoms with Crippen molar-refractivity contribution < 1.29 is 22.7 Å². The number of para-hydroxylation sites is 1. The maximum atomic E-state index is 13.0. The fourth-order valence-corrected chi connectivity index (χ4v) is 4.25. The lowest BCUT2D eigenvalue weighted by Crippen LogP contribution is -2.45. The van der Waals surface area contributed by atoms with Crippen LogP contribution in [0.15, 0.2) is 48.5 Å². The lowest BCUT2D eigenvalue weighted by molar-refractivity contribution is -0.116. The van der Waals surface area contributed by atoms with E-state index in [1.54, 1.807) is 36.4 Å². The summed E-state index contributed by atoms with van der Waals surface area (Å²) < 4.78 is 30.9. The van der Waals surface area contributed by atoms with E-state index in [-0.39, 0.29) is 11.5 Å². The van der Waals surface area contributed by atoms with Crippen LogP contribution in [-0.4, -0.2) is 52.8 Å². The molecule has 2 aromatic carbocycles. The SMILES string of the molecule is CCc1ccc(N([C@@H](C)C(=O)Nc2ccccc2C(=O)NCCOC)S(C)(=O)=O)cc1. The first-order chi connectivity index (χ1) is 14.7. The Hall–Kier alpha value is -2.91. The van der Waals surface area contributed by atoms with Gasteiger partial charge in [-0.15, -0.1) is 0 Å². The average molecular weight is 448 g/mol. The summed E-state index contributed by atoms with van der Waals surface area (Å²) in [6.45, 7) is 4.19. The molecule has 0 spiro atoms. The molecule has 0 aliphatic heterocycles. The molecule has 8 nitrogen and oxygen atoms in total. The Morgan fingerprint density at radius 3 is 2.32 bits per heavy atom. The molecule has 0 aromatic heterocycles. The van der Waals surface area contributed by atoms with Crippen LogP contribution in [0.5, 0.6) is 0 Å². The number of hydrogen-bond donors (Lipinski definition) is 2. The van der Waals surface area contributed by atoms with Gasteiger partial charge >= 0.3 is 0 Å². The van der Waals surface area contributed by atoms with Crippen LogP contribution >= 0.6 is 0 Å². The standard InChI is InChI=1S/C22H29N3O5S/c1-5-17-10-12-18(13-11-17)25(31(4,28)29)16(2)21(26)24-20-9-7-6-8-19(20)22(27)23-14-15-30-3/h6-13,16H,5,14-15H2,1-4H3,(H,23,27)(H,24,26)/t16-/m0/s1. The predicted octanol–water partition coefficient (Wildman–Crippen LogP) is 2.42. The molecule has 2 rings (SSSR count). The summed E-state index contributed by atoms with van der Waals surface area (Å²) in [6, 6.07) is 12.5. The predicted molar refractivity (Wildman–Crippen MR) is 122 cm³/mol. The third kappa shape index (κ3) is 6.53. The number of methoxy groups -OCH3 is 1. The summed E-state index contributed by atoms with van der Waals surface area (Å²) in [5.74, 6) is -0.919. The van der Waals surface area contributed by atoms with E-state index in [9.17, 15) is 18.0 Å². The molecule has 31 heavy (non-hydrogen) atoms. The van der Waals surface area contributed by atoms with Crippen molar-refractivity contribution in [2.45, 2.75) is 26.3 Å². The van der Waals surface area contributed by atoms with Gasteiger partial charge in [-0.05, 0) is 43.2 Å². The summed E-state index contributed by atoms with van der Waals surface area (Å²) in [5.41, 5.74) is 2.03. The molecule has 0 bridgehead atoms. The van der Waals surface area contributed by atoms with Crippen molar-refractivity contribution in [1.29, 1.82) is 0 Å². The van der Waals surface area contributed by atoms with Crippen molar-refractivity contribution in [3.8, 4) is 0 Å². The molecule has 0 heterocycles. The van der Waals surface area contributed by atoms with Gasteiger partial charge in [-0.25, -0.2) is 8.42 Å². The third-order valence-electron chi connectivity index (χ3n) is 4.71. The van der Waals surface area contributed by atoms with Crippen LogP contribution in [0.4, 0.5) is 11.4 Å². The highest BCUT2D eigenvalue weighted by Gasteiger charge is 2.29. The number of rotatable bonds is 10. The molecule has 0 saturated carbocycles. The fourth-order valence-electron chi connectivity index (χ4n) is 3.08. The highest BCUT2D eigenvalue weighted by atomic mass is 32.2. The van der Waals surface area contributed by atoms with E-state index in [1.807, 2.05) is 19.1 Å². The maximum Gasteiger partial charge on any atom is 0.253 e. The Morgan fingerprint density at radius 1 is 1.10 bits per heavy atom. The topological polar surface area (TPSA) is 105 Å². The number of carbonyl (C=O) groups is 2. The number of nitrogens with one attached hydrogen (secondary N) is 2. The molecular formula is C22H29N3O5S. The van der Waals surface area contributed by atoms with Crippen molar-refractivity contribution >= 4 is 33.2 Å². The first kappa shape index (κ1) is 24.4. The van der Waals surface area contributed by atoms with Gasteiger partial charge in [0.05, 0.1) is 29.8 Å². The van der Waals surface area contributed by atoms with Crippen molar-refractivity contribution in [2.75, 3.05) is 36.1 Å². The van der Waals surface area contributed by atoms with Crippen molar-refractivity contribution in [2.24, 2.45) is 0 Å². The van der Waals surface area contributed by atoms with Gasteiger partial charge in [-0.3, -0.25) is 13.9 Å². The van der Waals surface area contributed by atoms with Gasteiger partial charge < -0.3 is 15.4 Å². The number of sulfonamides is 1. The van der Waals surface area contributed by atoms with Gasteiger partial charge in [-0.1, -0.05) is 31.2 Å². The highest BCUT2D eigenvalue weighted by Crippen LogP contribution is 2.23. The van der Waals surface area contributed by atoms with Crippen LogP contribution in [0.3, 0.4) is 0 Å². The minimum Gasteiger partial charge on any atom is -0.383 e. The van der Waals surface area contributed by atoms with Crippen LogP contribution < -0.4 is 14.9 Å². The Kier molecular flexibility index (Phi) is 8.58. The zero-order chi connectivity index (χ0) is 23.0. The molecule has 0 unspecified atom stereocenters. The molecule has 9 heteroatoms. The quantitative estimate of drug-likeness (QED) is 0.544. The summed E-state index contributed by atoms with van der Waals surface area (Å²) in [7, 11) is -2.20. The van der Waals surface area contributed by atoms with E-state index in [2.05, 4.69) is 10.6 Å². The first-order valence-corrected chi connectivity index (χ1v) is 11.8. The van der Waals surface area contributed by atoms with Gasteiger partial charge in [-0.2, -0.15) is 0 Å². The molecule has 0 aliphatic carbocycles. The number of benzene rings is 2. The number of ether oxygens (including phenoxy) is 1. The summed E-state index contributed by atoms with van der Waals surface area (Å²) in [4.78, 5) is 25.4. The van der Waals surface area contributed by atoms with Crippen molar-refractivity contribution in [1.82, 2.24) is 5.32 Å². The molecule has 0 aliphatic rings. The van der Waals surface area contributed by atoms with Crippen molar-refractivity contribution in [3.63, 3.8) is 0 Å². The maximum absolute atomic E-state index is 13.0.